The minimum atomic E-state index is -2.71. The number of fused-ring (bicyclic) bond motifs is 2. The highest BCUT2D eigenvalue weighted by atomic mass is 19.3. The van der Waals surface area contributed by atoms with Gasteiger partial charge in [0.1, 0.15) is 17.5 Å². The summed E-state index contributed by atoms with van der Waals surface area (Å²) in [6.07, 6.45) is 0.664. The summed E-state index contributed by atoms with van der Waals surface area (Å²) in [6, 6.07) is 6.50. The van der Waals surface area contributed by atoms with Crippen molar-refractivity contribution < 1.29 is 18.0 Å². The number of amides is 1. The largest absolute Gasteiger partial charge is 0.443 e. The maximum atomic E-state index is 13.4. The lowest BCUT2D eigenvalue weighted by Gasteiger charge is -2.37. The number of carbonyl (C=O) groups is 1. The van der Waals surface area contributed by atoms with Crippen molar-refractivity contribution in [3.8, 4) is 0 Å². The van der Waals surface area contributed by atoms with Crippen molar-refractivity contribution in [1.29, 1.82) is 0 Å². The fourth-order valence-corrected chi connectivity index (χ4v) is 4.04. The topological polar surface area (TPSA) is 89.4 Å². The van der Waals surface area contributed by atoms with E-state index < -0.39 is 6.43 Å². The van der Waals surface area contributed by atoms with Gasteiger partial charge in [0.25, 0.3) is 18.1 Å². The number of nitrogens with zero attached hydrogens (tertiary/aromatic N) is 6. The molecule has 3 aromatic heterocycles. The molecule has 1 fully saturated rings. The molecule has 0 N–H and O–H groups in total. The Kier molecular flexibility index (Phi) is 4.41. The summed E-state index contributed by atoms with van der Waals surface area (Å²) in [5.41, 5.74) is 1.99. The van der Waals surface area contributed by atoms with E-state index in [2.05, 4.69) is 27.0 Å². The molecule has 1 aliphatic heterocycles. The quantitative estimate of drug-likeness (QED) is 0.512. The van der Waals surface area contributed by atoms with Gasteiger partial charge in [-0.15, -0.1) is 0 Å². The molecule has 0 unspecified atom stereocenters. The molecule has 0 saturated carbocycles. The van der Waals surface area contributed by atoms with Gasteiger partial charge in [-0.2, -0.15) is 10.1 Å². The second kappa shape index (κ2) is 7.12. The van der Waals surface area contributed by atoms with E-state index in [1.165, 1.54) is 23.3 Å². The van der Waals surface area contributed by atoms with Crippen molar-refractivity contribution in [2.45, 2.75) is 25.7 Å². The molecule has 0 aliphatic carbocycles. The Morgan fingerprint density at radius 3 is 2.97 bits per heavy atom. The third-order valence-electron chi connectivity index (χ3n) is 5.73. The van der Waals surface area contributed by atoms with Crippen LogP contribution in [0.15, 0.2) is 41.4 Å². The molecule has 8 nitrogen and oxygen atoms in total. The average Bonchev–Trinajstić information content (AvgIpc) is 3.41. The second-order valence-electron chi connectivity index (χ2n) is 7.54. The van der Waals surface area contributed by atoms with Gasteiger partial charge in [0.05, 0.1) is 5.69 Å². The molecule has 4 heterocycles. The van der Waals surface area contributed by atoms with Gasteiger partial charge in [-0.25, -0.2) is 23.3 Å². The molecular weight excluding hydrogens is 394 g/mol. The Morgan fingerprint density at radius 1 is 1.27 bits per heavy atom. The van der Waals surface area contributed by atoms with Crippen LogP contribution in [-0.4, -0.2) is 48.5 Å². The van der Waals surface area contributed by atoms with E-state index in [1.807, 2.05) is 0 Å². The van der Waals surface area contributed by atoms with Crippen molar-refractivity contribution in [2.24, 2.45) is 5.92 Å². The van der Waals surface area contributed by atoms with Gasteiger partial charge < -0.3 is 9.32 Å². The van der Waals surface area contributed by atoms with E-state index in [4.69, 9.17) is 4.42 Å². The van der Waals surface area contributed by atoms with Gasteiger partial charge in [0, 0.05) is 24.6 Å². The van der Waals surface area contributed by atoms with E-state index in [1.54, 1.807) is 23.1 Å². The van der Waals surface area contributed by atoms with Gasteiger partial charge in [-0.3, -0.25) is 4.79 Å². The van der Waals surface area contributed by atoms with E-state index in [-0.39, 0.29) is 29.2 Å². The number of halogens is 2. The third kappa shape index (κ3) is 3.08. The zero-order valence-corrected chi connectivity index (χ0v) is 16.1. The van der Waals surface area contributed by atoms with Crippen LogP contribution in [0.1, 0.15) is 47.4 Å². The summed E-state index contributed by atoms with van der Waals surface area (Å²) < 4.78 is 33.5. The molecule has 1 aromatic carbocycles. The molecule has 0 radical (unpaired) electrons. The lowest BCUT2D eigenvalue weighted by atomic mass is 9.84. The molecule has 154 valence electrons. The predicted octanol–water partition coefficient (Wildman–Crippen LogP) is 3.47. The third-order valence-corrected chi connectivity index (χ3v) is 5.73. The van der Waals surface area contributed by atoms with E-state index in [0.29, 0.717) is 35.4 Å². The molecule has 0 bridgehead atoms. The molecule has 5 rings (SSSR count). The van der Waals surface area contributed by atoms with Crippen LogP contribution in [-0.2, 0) is 0 Å². The number of aromatic nitrogens is 5. The summed E-state index contributed by atoms with van der Waals surface area (Å²) >= 11 is 0. The number of hydrogen-bond acceptors (Lipinski definition) is 6. The highest BCUT2D eigenvalue weighted by Crippen LogP contribution is 2.34. The van der Waals surface area contributed by atoms with E-state index >= 15 is 0 Å². The van der Waals surface area contributed by atoms with E-state index in [0.717, 1.165) is 6.42 Å². The molecule has 10 heteroatoms. The molecule has 1 saturated heterocycles. The molecule has 1 amide bonds. The number of carbonyl (C=O) groups excluding carboxylic acids is 1. The van der Waals surface area contributed by atoms with Gasteiger partial charge in [-0.05, 0) is 36.6 Å². The smallest absolute Gasteiger partial charge is 0.280 e. The van der Waals surface area contributed by atoms with Crippen LogP contribution in [0.4, 0.5) is 8.78 Å². The summed E-state index contributed by atoms with van der Waals surface area (Å²) in [5, 5.41) is 4.16. The summed E-state index contributed by atoms with van der Waals surface area (Å²) in [6.45, 7) is 3.03. The number of likely N-dealkylation sites (tertiary alicyclic amines) is 1. The zero-order chi connectivity index (χ0) is 20.8. The van der Waals surface area contributed by atoms with Gasteiger partial charge in [-0.1, -0.05) is 6.92 Å². The minimum absolute atomic E-state index is 0.130. The van der Waals surface area contributed by atoms with Crippen LogP contribution in [0.3, 0.4) is 0 Å². The maximum Gasteiger partial charge on any atom is 0.280 e. The fourth-order valence-electron chi connectivity index (χ4n) is 4.04. The van der Waals surface area contributed by atoms with Crippen LogP contribution >= 0.6 is 0 Å². The zero-order valence-electron chi connectivity index (χ0n) is 16.1. The van der Waals surface area contributed by atoms with Crippen LogP contribution in [0.2, 0.25) is 0 Å². The van der Waals surface area contributed by atoms with Crippen molar-refractivity contribution in [3.63, 3.8) is 0 Å². The lowest BCUT2D eigenvalue weighted by Crippen LogP contribution is -2.42. The lowest BCUT2D eigenvalue weighted by molar-refractivity contribution is 0.0665. The Bertz CT molecular complexity index is 1240. The number of alkyl halides is 2. The first-order chi connectivity index (χ1) is 14.5. The summed E-state index contributed by atoms with van der Waals surface area (Å²) in [4.78, 5) is 26.8. The van der Waals surface area contributed by atoms with Crippen molar-refractivity contribution in [2.75, 3.05) is 13.1 Å². The van der Waals surface area contributed by atoms with Crippen molar-refractivity contribution >= 4 is 22.8 Å². The number of piperidine rings is 1. The number of rotatable bonds is 3. The monoisotopic (exact) mass is 412 g/mol. The Hall–Kier alpha value is -3.43. The molecule has 30 heavy (non-hydrogen) atoms. The van der Waals surface area contributed by atoms with Crippen molar-refractivity contribution in [1.82, 2.24) is 29.5 Å². The Morgan fingerprint density at radius 2 is 2.13 bits per heavy atom. The highest BCUT2D eigenvalue weighted by Gasteiger charge is 2.33. The standard InChI is InChI=1S/C20H18F2N6O2/c1-11-4-5-27(19(29)12-2-3-17-14(6-12)24-10-30-17)8-13(11)16-7-15(18(21)22)26-20-23-9-25-28(16)20/h2-3,6-7,9-11,13,18H,4-5,8H2,1H3/t11-,13-/m1/s1. The molecule has 1 aliphatic rings. The maximum absolute atomic E-state index is 13.4. The van der Waals surface area contributed by atoms with Gasteiger partial charge in [0.2, 0.25) is 0 Å². The Balaban J connectivity index is 1.48. The minimum Gasteiger partial charge on any atom is -0.443 e. The summed E-state index contributed by atoms with van der Waals surface area (Å²) in [5.74, 6) is 0.000261. The van der Waals surface area contributed by atoms with Crippen LogP contribution in [0.5, 0.6) is 0 Å². The van der Waals surface area contributed by atoms with Crippen LogP contribution in [0, 0.1) is 5.92 Å². The average molecular weight is 412 g/mol. The number of hydrogen-bond donors (Lipinski definition) is 0. The molecular formula is C20H18F2N6O2. The van der Waals surface area contributed by atoms with Gasteiger partial charge >= 0.3 is 0 Å². The highest BCUT2D eigenvalue weighted by molar-refractivity contribution is 5.97. The first-order valence-electron chi connectivity index (χ1n) is 9.62. The normalized spacial score (nSPS) is 19.8. The first-order valence-corrected chi connectivity index (χ1v) is 9.62. The predicted molar refractivity (Wildman–Crippen MR) is 102 cm³/mol. The van der Waals surface area contributed by atoms with Crippen molar-refractivity contribution in [3.05, 3.63) is 53.9 Å². The molecule has 0 spiro atoms. The SMILES string of the molecule is C[C@@H]1CCN(C(=O)c2ccc3ocnc3c2)C[C@H]1c1cc(C(F)F)nc2ncnn12. The van der Waals surface area contributed by atoms with Crippen LogP contribution in [0.25, 0.3) is 16.9 Å². The number of oxazole rings is 1. The van der Waals surface area contributed by atoms with Crippen LogP contribution < -0.4 is 0 Å². The fraction of sp³-hybridized carbons (Fsp3) is 0.350. The summed E-state index contributed by atoms with van der Waals surface area (Å²) in [7, 11) is 0. The molecule has 2 atom stereocenters. The first kappa shape index (κ1) is 18.6. The number of benzene rings is 1. The Labute approximate surface area is 169 Å². The molecule has 4 aromatic rings. The van der Waals surface area contributed by atoms with Gasteiger partial charge in [0.15, 0.2) is 12.0 Å². The van der Waals surface area contributed by atoms with E-state index in [9.17, 15) is 13.6 Å². The second-order valence-corrected chi connectivity index (χ2v) is 7.54.